The average molecular weight is 366 g/mol. The molecule has 1 amide bonds. The van der Waals surface area contributed by atoms with Crippen LogP contribution < -0.4 is 5.32 Å². The lowest BCUT2D eigenvalue weighted by atomic mass is 10.2. The Morgan fingerprint density at radius 1 is 1.23 bits per heavy atom. The third-order valence-corrected chi connectivity index (χ3v) is 5.74. The Morgan fingerprint density at radius 3 is 2.77 bits per heavy atom. The first-order chi connectivity index (χ1) is 12.7. The summed E-state index contributed by atoms with van der Waals surface area (Å²) < 4.78 is 1.96. The van der Waals surface area contributed by atoms with Gasteiger partial charge in [0.05, 0.1) is 24.4 Å². The van der Waals surface area contributed by atoms with Gasteiger partial charge in [0.2, 0.25) is 5.91 Å². The van der Waals surface area contributed by atoms with Crippen molar-refractivity contribution >= 4 is 23.1 Å². The molecule has 0 saturated heterocycles. The van der Waals surface area contributed by atoms with Crippen LogP contribution in [0.4, 0.5) is 5.82 Å². The van der Waals surface area contributed by atoms with E-state index in [-0.39, 0.29) is 12.3 Å². The van der Waals surface area contributed by atoms with Crippen molar-refractivity contribution in [1.29, 1.82) is 0 Å². The number of carbonyl (C=O) groups excluding carboxylic acids is 1. The molecule has 0 bridgehead atoms. The van der Waals surface area contributed by atoms with E-state index in [0.29, 0.717) is 6.04 Å². The Labute approximate surface area is 157 Å². The number of nitrogens with one attached hydrogen (secondary N) is 1. The molecule has 5 nitrogen and oxygen atoms in total. The van der Waals surface area contributed by atoms with Gasteiger partial charge in [-0.15, -0.1) is 11.3 Å². The summed E-state index contributed by atoms with van der Waals surface area (Å²) in [5.41, 5.74) is 3.12. The second-order valence-electron chi connectivity index (χ2n) is 6.83. The van der Waals surface area contributed by atoms with Gasteiger partial charge in [-0.25, -0.2) is 9.67 Å². The molecular weight excluding hydrogens is 344 g/mol. The lowest BCUT2D eigenvalue weighted by molar-refractivity contribution is -0.115. The van der Waals surface area contributed by atoms with Crippen molar-refractivity contribution in [3.05, 3.63) is 53.2 Å². The molecule has 6 heteroatoms. The first-order valence-electron chi connectivity index (χ1n) is 9.04. The van der Waals surface area contributed by atoms with Crippen LogP contribution in [0, 0.1) is 6.92 Å². The van der Waals surface area contributed by atoms with Crippen molar-refractivity contribution in [2.45, 2.75) is 45.1 Å². The molecule has 0 unspecified atom stereocenters. The van der Waals surface area contributed by atoms with Crippen LogP contribution >= 0.6 is 11.3 Å². The predicted molar refractivity (Wildman–Crippen MR) is 104 cm³/mol. The Bertz CT molecular complexity index is 891. The zero-order chi connectivity index (χ0) is 17.9. The van der Waals surface area contributed by atoms with Gasteiger partial charge in [-0.1, -0.05) is 42.7 Å². The number of anilines is 1. The lowest BCUT2D eigenvalue weighted by Crippen LogP contribution is -2.19. The lowest BCUT2D eigenvalue weighted by Gasteiger charge is -2.14. The molecule has 26 heavy (non-hydrogen) atoms. The van der Waals surface area contributed by atoms with Crippen LogP contribution in [-0.4, -0.2) is 20.7 Å². The minimum Gasteiger partial charge on any atom is -0.311 e. The van der Waals surface area contributed by atoms with Crippen LogP contribution in [0.25, 0.3) is 10.6 Å². The number of thiazole rings is 1. The van der Waals surface area contributed by atoms with Gasteiger partial charge in [-0.2, -0.15) is 5.10 Å². The summed E-state index contributed by atoms with van der Waals surface area (Å²) in [6.07, 6.45) is 6.77. The molecular formula is C20H22N4OS. The Hall–Kier alpha value is -2.47. The van der Waals surface area contributed by atoms with Gasteiger partial charge < -0.3 is 5.32 Å². The molecule has 1 aliphatic carbocycles. The predicted octanol–water partition coefficient (Wildman–Crippen LogP) is 4.61. The maximum atomic E-state index is 12.4. The fraction of sp³-hybridized carbons (Fsp3) is 0.350. The van der Waals surface area contributed by atoms with Crippen molar-refractivity contribution in [3.8, 4) is 10.6 Å². The number of hydrogen-bond donors (Lipinski definition) is 1. The van der Waals surface area contributed by atoms with Crippen LogP contribution in [0.5, 0.6) is 0 Å². The van der Waals surface area contributed by atoms with Gasteiger partial charge in [-0.05, 0) is 19.8 Å². The molecule has 1 aliphatic rings. The molecule has 1 aromatic carbocycles. The average Bonchev–Trinajstić information content (AvgIpc) is 3.36. The third kappa shape index (κ3) is 3.70. The molecule has 1 N–H and O–H groups in total. The molecule has 0 aliphatic heterocycles. The Kier molecular flexibility index (Phi) is 4.84. The van der Waals surface area contributed by atoms with E-state index >= 15 is 0 Å². The molecule has 134 valence electrons. The second-order valence-corrected chi connectivity index (χ2v) is 7.69. The van der Waals surface area contributed by atoms with E-state index in [1.165, 1.54) is 18.4 Å². The van der Waals surface area contributed by atoms with E-state index in [0.717, 1.165) is 34.9 Å². The summed E-state index contributed by atoms with van der Waals surface area (Å²) in [5, 5.41) is 10.3. The Morgan fingerprint density at radius 2 is 2.00 bits per heavy atom. The normalized spacial score (nSPS) is 14.7. The molecule has 3 aromatic rings. The third-order valence-electron chi connectivity index (χ3n) is 4.80. The van der Waals surface area contributed by atoms with Crippen molar-refractivity contribution in [2.75, 3.05) is 5.32 Å². The van der Waals surface area contributed by atoms with Gasteiger partial charge in [0.1, 0.15) is 10.8 Å². The van der Waals surface area contributed by atoms with E-state index in [1.807, 2.05) is 16.1 Å². The largest absolute Gasteiger partial charge is 0.311 e. The van der Waals surface area contributed by atoms with Gasteiger partial charge >= 0.3 is 0 Å². The Balaban J connectivity index is 1.41. The van der Waals surface area contributed by atoms with Crippen molar-refractivity contribution < 1.29 is 4.79 Å². The van der Waals surface area contributed by atoms with E-state index in [9.17, 15) is 4.79 Å². The van der Waals surface area contributed by atoms with Crippen molar-refractivity contribution in [1.82, 2.24) is 14.8 Å². The smallest absolute Gasteiger partial charge is 0.231 e. The zero-order valence-corrected chi connectivity index (χ0v) is 15.6. The number of amides is 1. The first-order valence-corrected chi connectivity index (χ1v) is 9.92. The maximum absolute atomic E-state index is 12.4. The summed E-state index contributed by atoms with van der Waals surface area (Å²) in [6.45, 7) is 2.07. The molecule has 1 fully saturated rings. The van der Waals surface area contributed by atoms with Gasteiger partial charge in [-0.3, -0.25) is 4.79 Å². The van der Waals surface area contributed by atoms with Gasteiger partial charge in [0.15, 0.2) is 0 Å². The number of aryl methyl sites for hydroxylation is 1. The first kappa shape index (κ1) is 17.0. The van der Waals surface area contributed by atoms with Crippen LogP contribution in [0.15, 0.2) is 41.9 Å². The molecule has 0 spiro atoms. The molecule has 2 aromatic heterocycles. The van der Waals surface area contributed by atoms with Gasteiger partial charge in [0.25, 0.3) is 0 Å². The fourth-order valence-electron chi connectivity index (χ4n) is 3.42. The van der Waals surface area contributed by atoms with E-state index in [1.54, 1.807) is 17.5 Å². The highest BCUT2D eigenvalue weighted by Gasteiger charge is 2.20. The highest BCUT2D eigenvalue weighted by molar-refractivity contribution is 7.13. The standard InChI is InChI=1S/C20H22N4OS/c1-14-6-8-15(9-7-14)20-22-16(13-26-20)12-19(25)23-18-10-11-21-24(18)17-4-2-3-5-17/h6-11,13,17H,2-5,12H2,1H3,(H,23,25). The monoisotopic (exact) mass is 366 g/mol. The zero-order valence-electron chi connectivity index (χ0n) is 14.8. The molecule has 0 radical (unpaired) electrons. The van der Waals surface area contributed by atoms with Gasteiger partial charge in [0, 0.05) is 17.0 Å². The van der Waals surface area contributed by atoms with Crippen LogP contribution in [-0.2, 0) is 11.2 Å². The summed E-state index contributed by atoms with van der Waals surface area (Å²) >= 11 is 1.57. The highest BCUT2D eigenvalue weighted by atomic mass is 32.1. The number of aromatic nitrogens is 3. The number of carbonyl (C=O) groups is 1. The van der Waals surface area contributed by atoms with Crippen LogP contribution in [0.2, 0.25) is 0 Å². The number of nitrogens with zero attached hydrogens (tertiary/aromatic N) is 3. The summed E-state index contributed by atoms with van der Waals surface area (Å²) in [7, 11) is 0. The SMILES string of the molecule is Cc1ccc(-c2nc(CC(=O)Nc3ccnn3C3CCCC3)cs2)cc1. The number of rotatable bonds is 5. The minimum absolute atomic E-state index is 0.0505. The topological polar surface area (TPSA) is 59.8 Å². The molecule has 4 rings (SSSR count). The summed E-state index contributed by atoms with van der Waals surface area (Å²) in [4.78, 5) is 17.1. The fourth-order valence-corrected chi connectivity index (χ4v) is 4.25. The maximum Gasteiger partial charge on any atom is 0.231 e. The van der Waals surface area contributed by atoms with Crippen LogP contribution in [0.3, 0.4) is 0 Å². The minimum atomic E-state index is -0.0505. The van der Waals surface area contributed by atoms with E-state index < -0.39 is 0 Å². The van der Waals surface area contributed by atoms with Crippen molar-refractivity contribution in [2.24, 2.45) is 0 Å². The second kappa shape index (κ2) is 7.41. The molecule has 1 saturated carbocycles. The number of benzene rings is 1. The molecule has 0 atom stereocenters. The quantitative estimate of drug-likeness (QED) is 0.717. The van der Waals surface area contributed by atoms with Crippen molar-refractivity contribution in [3.63, 3.8) is 0 Å². The number of hydrogen-bond acceptors (Lipinski definition) is 4. The molecule has 2 heterocycles. The summed E-state index contributed by atoms with van der Waals surface area (Å²) in [5.74, 6) is 0.737. The van der Waals surface area contributed by atoms with E-state index in [4.69, 9.17) is 0 Å². The van der Waals surface area contributed by atoms with E-state index in [2.05, 4.69) is 46.6 Å². The van der Waals surface area contributed by atoms with Crippen LogP contribution in [0.1, 0.15) is 43.0 Å². The highest BCUT2D eigenvalue weighted by Crippen LogP contribution is 2.31. The summed E-state index contributed by atoms with van der Waals surface area (Å²) in [6, 6.07) is 10.6.